The van der Waals surface area contributed by atoms with Gasteiger partial charge in [-0.3, -0.25) is 14.6 Å². The molecule has 0 saturated carbocycles. The lowest BCUT2D eigenvalue weighted by molar-refractivity contribution is -0.125. The van der Waals surface area contributed by atoms with Crippen molar-refractivity contribution >= 4 is 19.0 Å². The highest BCUT2D eigenvalue weighted by Crippen LogP contribution is 2.25. The lowest BCUT2D eigenvalue weighted by Crippen LogP contribution is -2.45. The fourth-order valence-corrected chi connectivity index (χ4v) is 3.26. The average molecular weight is 523 g/mol. The zero-order chi connectivity index (χ0) is 28.1. The number of amides is 2. The van der Waals surface area contributed by atoms with Gasteiger partial charge in [0.15, 0.2) is 0 Å². The summed E-state index contributed by atoms with van der Waals surface area (Å²) in [5, 5.41) is 24.1. The topological polar surface area (TPSA) is 123 Å². The second-order valence-electron chi connectivity index (χ2n) is 7.95. The number of hydrogen-bond donors (Lipinski definition) is 4. The molecule has 10 heteroatoms. The molecule has 9 nitrogen and oxygen atoms in total. The van der Waals surface area contributed by atoms with Crippen LogP contribution in [0.3, 0.4) is 0 Å². The van der Waals surface area contributed by atoms with Crippen LogP contribution in [0.5, 0.6) is 0 Å². The SMILES string of the molecule is CC.CC1CN(C=O)C(C)/C(=C(\C=NC/C(O)=C/CNCCCO)Cc2ccc(F)cc2)O1.CNC=O. The maximum Gasteiger partial charge on any atom is 0.210 e. The first-order chi connectivity index (χ1) is 17.9. The largest absolute Gasteiger partial charge is 0.511 e. The molecule has 0 aliphatic carbocycles. The molecule has 1 saturated heterocycles. The van der Waals surface area contributed by atoms with E-state index in [0.717, 1.165) is 17.5 Å². The van der Waals surface area contributed by atoms with Crippen molar-refractivity contribution in [2.45, 2.75) is 52.7 Å². The number of rotatable bonds is 12. The number of nitrogens with zero attached hydrogens (tertiary/aromatic N) is 2. The van der Waals surface area contributed by atoms with E-state index in [1.54, 1.807) is 36.4 Å². The lowest BCUT2D eigenvalue weighted by Gasteiger charge is -2.37. The molecule has 0 radical (unpaired) electrons. The minimum atomic E-state index is -0.308. The summed E-state index contributed by atoms with van der Waals surface area (Å²) in [6.07, 6.45) is 5.68. The van der Waals surface area contributed by atoms with Crippen LogP contribution in [0.4, 0.5) is 4.39 Å². The number of hydrogen-bond acceptors (Lipinski definition) is 7. The predicted octanol–water partition coefficient (Wildman–Crippen LogP) is 2.76. The van der Waals surface area contributed by atoms with Gasteiger partial charge < -0.3 is 30.5 Å². The molecule has 1 aromatic rings. The van der Waals surface area contributed by atoms with Gasteiger partial charge >= 0.3 is 0 Å². The summed E-state index contributed by atoms with van der Waals surface area (Å²) in [5.74, 6) is 0.463. The number of allylic oxidation sites excluding steroid dienone is 1. The van der Waals surface area contributed by atoms with Gasteiger partial charge in [0.2, 0.25) is 12.8 Å². The highest BCUT2D eigenvalue weighted by Gasteiger charge is 2.29. The van der Waals surface area contributed by atoms with Crippen LogP contribution in [-0.2, 0) is 20.7 Å². The lowest BCUT2D eigenvalue weighted by atomic mass is 10.0. The summed E-state index contributed by atoms with van der Waals surface area (Å²) in [6.45, 7) is 9.66. The number of carbonyl (C=O) groups excluding carboxylic acids is 2. The average Bonchev–Trinajstić information content (AvgIpc) is 2.91. The smallest absolute Gasteiger partial charge is 0.210 e. The van der Waals surface area contributed by atoms with Gasteiger partial charge in [-0.1, -0.05) is 26.0 Å². The van der Waals surface area contributed by atoms with E-state index in [2.05, 4.69) is 15.6 Å². The zero-order valence-electron chi connectivity index (χ0n) is 22.6. The van der Waals surface area contributed by atoms with Crippen molar-refractivity contribution in [3.05, 3.63) is 58.8 Å². The third-order valence-corrected chi connectivity index (χ3v) is 5.04. The maximum atomic E-state index is 13.3. The highest BCUT2D eigenvalue weighted by atomic mass is 19.1. The number of carbonyl (C=O) groups is 2. The molecule has 4 N–H and O–H groups in total. The number of aliphatic hydroxyl groups excluding tert-OH is 2. The summed E-state index contributed by atoms with van der Waals surface area (Å²) in [5.41, 5.74) is 1.65. The van der Waals surface area contributed by atoms with E-state index in [9.17, 15) is 14.3 Å². The van der Waals surface area contributed by atoms with Gasteiger partial charge in [0, 0.05) is 38.4 Å². The van der Waals surface area contributed by atoms with E-state index < -0.39 is 0 Å². The van der Waals surface area contributed by atoms with Gasteiger partial charge in [0.05, 0.1) is 19.1 Å². The van der Waals surface area contributed by atoms with Crippen molar-refractivity contribution in [1.82, 2.24) is 15.5 Å². The Morgan fingerprint density at radius 3 is 2.46 bits per heavy atom. The molecule has 1 fully saturated rings. The molecule has 1 heterocycles. The monoisotopic (exact) mass is 522 g/mol. The first-order valence-corrected chi connectivity index (χ1v) is 12.5. The standard InChI is InChI=1S/C23H32FN3O4.C2H5NO.C2H6/c1-17-15-27(16-29)18(2)23(31-17)20(12-19-4-6-21(24)7-5-19)13-26-14-22(30)8-10-25-9-3-11-28;1-3-2-4;1-2/h4-8,13,16-18,25,28,30H,3,9-12,14-15H2,1-2H3;2H,1H3,(H,3,4);1-2H3/b22-8-,23-20+,26-13?;;. The molecule has 1 aromatic carbocycles. The fourth-order valence-electron chi connectivity index (χ4n) is 3.26. The molecule has 0 aromatic heterocycles. The van der Waals surface area contributed by atoms with Crippen molar-refractivity contribution in [1.29, 1.82) is 0 Å². The molecule has 1 aliphatic heterocycles. The van der Waals surface area contributed by atoms with Gasteiger partial charge in [-0.25, -0.2) is 4.39 Å². The molecule has 1 aliphatic rings. The Hall–Kier alpha value is -3.24. The van der Waals surface area contributed by atoms with Crippen LogP contribution < -0.4 is 10.6 Å². The van der Waals surface area contributed by atoms with Crippen LogP contribution in [0.15, 0.2) is 52.4 Å². The van der Waals surface area contributed by atoms with Gasteiger partial charge in [-0.2, -0.15) is 0 Å². The summed E-state index contributed by atoms with van der Waals surface area (Å²) >= 11 is 0. The summed E-state index contributed by atoms with van der Waals surface area (Å²) in [7, 11) is 1.56. The highest BCUT2D eigenvalue weighted by molar-refractivity contribution is 5.80. The Labute approximate surface area is 220 Å². The number of ether oxygens (including phenoxy) is 1. The Morgan fingerprint density at radius 2 is 1.89 bits per heavy atom. The minimum absolute atomic E-state index is 0.100. The Bertz CT molecular complexity index is 859. The summed E-state index contributed by atoms with van der Waals surface area (Å²) in [4.78, 5) is 26.6. The quantitative estimate of drug-likeness (QED) is 0.145. The molecule has 37 heavy (non-hydrogen) atoms. The molecule has 0 spiro atoms. The van der Waals surface area contributed by atoms with Gasteiger partial charge in [-0.15, -0.1) is 0 Å². The van der Waals surface area contributed by atoms with Crippen LogP contribution >= 0.6 is 0 Å². The minimum Gasteiger partial charge on any atom is -0.511 e. The normalized spacial score (nSPS) is 18.6. The molecule has 2 amide bonds. The fraction of sp³-hybridized carbons (Fsp3) is 0.519. The van der Waals surface area contributed by atoms with Crippen LogP contribution in [0.2, 0.25) is 0 Å². The first-order valence-electron chi connectivity index (χ1n) is 12.5. The van der Waals surface area contributed by atoms with Gasteiger partial charge in [0.1, 0.15) is 23.4 Å². The molecular formula is C27H43FN4O5. The van der Waals surface area contributed by atoms with Crippen LogP contribution in [0, 0.1) is 5.82 Å². The number of aliphatic imine (C=N–C) groups is 1. The van der Waals surface area contributed by atoms with Gasteiger partial charge in [-0.05, 0) is 50.6 Å². The van der Waals surface area contributed by atoms with E-state index in [0.29, 0.717) is 44.6 Å². The zero-order valence-corrected chi connectivity index (χ0v) is 22.6. The number of aliphatic hydroxyl groups is 2. The second-order valence-corrected chi connectivity index (χ2v) is 7.95. The van der Waals surface area contributed by atoms with Crippen molar-refractivity contribution in [2.24, 2.45) is 4.99 Å². The Balaban J connectivity index is 0.00000196. The first kappa shape index (κ1) is 33.8. The second kappa shape index (κ2) is 20.9. The predicted molar refractivity (Wildman–Crippen MR) is 145 cm³/mol. The molecule has 2 atom stereocenters. The summed E-state index contributed by atoms with van der Waals surface area (Å²) < 4.78 is 19.3. The number of halogens is 1. The maximum absolute atomic E-state index is 13.3. The molecular weight excluding hydrogens is 479 g/mol. The molecule has 0 bridgehead atoms. The van der Waals surface area contributed by atoms with E-state index >= 15 is 0 Å². The molecule has 2 unspecified atom stereocenters. The third kappa shape index (κ3) is 14.2. The van der Waals surface area contributed by atoms with E-state index in [1.807, 2.05) is 27.7 Å². The van der Waals surface area contributed by atoms with Crippen LogP contribution in [0.1, 0.15) is 39.7 Å². The van der Waals surface area contributed by atoms with Crippen molar-refractivity contribution in [2.75, 3.05) is 39.8 Å². The van der Waals surface area contributed by atoms with Crippen LogP contribution in [0.25, 0.3) is 0 Å². The Morgan fingerprint density at radius 1 is 1.24 bits per heavy atom. The third-order valence-electron chi connectivity index (χ3n) is 5.04. The van der Waals surface area contributed by atoms with E-state index in [4.69, 9.17) is 14.6 Å². The molecule has 2 rings (SSSR count). The number of nitrogens with one attached hydrogen (secondary N) is 2. The van der Waals surface area contributed by atoms with Gasteiger partial charge in [0.25, 0.3) is 0 Å². The number of benzene rings is 1. The van der Waals surface area contributed by atoms with Crippen molar-refractivity contribution in [3.8, 4) is 0 Å². The summed E-state index contributed by atoms with van der Waals surface area (Å²) in [6, 6.07) is 5.95. The van der Waals surface area contributed by atoms with Crippen LogP contribution in [-0.4, -0.2) is 86.1 Å². The van der Waals surface area contributed by atoms with E-state index in [1.165, 1.54) is 12.1 Å². The Kier molecular flexibility index (Phi) is 19.1. The van der Waals surface area contributed by atoms with Crippen molar-refractivity contribution < 1.29 is 28.9 Å². The number of morpholine rings is 1. The van der Waals surface area contributed by atoms with E-state index in [-0.39, 0.29) is 36.9 Å². The molecule has 208 valence electrons. The van der Waals surface area contributed by atoms with Crippen molar-refractivity contribution in [3.63, 3.8) is 0 Å².